The molecule has 0 aromatic carbocycles. The number of carboxylic acid groups (broad SMARTS) is 1. The van der Waals surface area contributed by atoms with Crippen LogP contribution in [0.1, 0.15) is 15.4 Å². The van der Waals surface area contributed by atoms with Crippen LogP contribution in [0.2, 0.25) is 0 Å². The molecular formula is C11H15N3O3S. The third-order valence-corrected chi connectivity index (χ3v) is 4.56. The molecule has 0 bridgehead atoms. The van der Waals surface area contributed by atoms with Crippen LogP contribution in [-0.4, -0.2) is 54.4 Å². The van der Waals surface area contributed by atoms with Gasteiger partial charge in [-0.1, -0.05) is 11.3 Å². The molecule has 1 aromatic rings. The van der Waals surface area contributed by atoms with Gasteiger partial charge in [0.05, 0.1) is 24.4 Å². The van der Waals surface area contributed by atoms with E-state index in [1.54, 1.807) is 6.92 Å². The zero-order chi connectivity index (χ0) is 12.7. The van der Waals surface area contributed by atoms with Crippen molar-refractivity contribution in [3.63, 3.8) is 0 Å². The van der Waals surface area contributed by atoms with Crippen molar-refractivity contribution in [1.29, 1.82) is 0 Å². The number of nitrogens with one attached hydrogen (secondary N) is 1. The summed E-state index contributed by atoms with van der Waals surface area (Å²) in [5.74, 6) is -0.901. The normalized spacial score (nSPS) is 27.3. The molecule has 0 aliphatic carbocycles. The molecule has 0 spiro atoms. The van der Waals surface area contributed by atoms with Crippen LogP contribution >= 0.6 is 11.3 Å². The first-order chi connectivity index (χ1) is 8.65. The maximum atomic E-state index is 11.0. The number of thiazole rings is 1. The second-order valence-electron chi connectivity index (χ2n) is 4.59. The number of aromatic nitrogens is 1. The molecule has 0 amide bonds. The Morgan fingerprint density at radius 1 is 1.61 bits per heavy atom. The molecule has 1 aromatic heterocycles. The summed E-state index contributed by atoms with van der Waals surface area (Å²) in [5.41, 5.74) is 0.589. The minimum Gasteiger partial charge on any atom is -0.477 e. The lowest BCUT2D eigenvalue weighted by Gasteiger charge is -2.25. The first-order valence-electron chi connectivity index (χ1n) is 5.96. The van der Waals surface area contributed by atoms with Gasteiger partial charge in [-0.25, -0.2) is 9.78 Å². The zero-order valence-electron chi connectivity index (χ0n) is 10.0. The Morgan fingerprint density at radius 3 is 3.11 bits per heavy atom. The Balaban J connectivity index is 1.79. The van der Waals surface area contributed by atoms with E-state index >= 15 is 0 Å². The summed E-state index contributed by atoms with van der Waals surface area (Å²) in [7, 11) is 0. The molecule has 2 saturated heterocycles. The number of fused-ring (bicyclic) bond motifs is 1. The van der Waals surface area contributed by atoms with E-state index in [0.29, 0.717) is 16.6 Å². The average molecular weight is 269 g/mol. The number of rotatable bonds is 2. The largest absolute Gasteiger partial charge is 0.477 e. The highest BCUT2D eigenvalue weighted by atomic mass is 32.1. The van der Waals surface area contributed by atoms with Crippen molar-refractivity contribution >= 4 is 22.4 Å². The van der Waals surface area contributed by atoms with Crippen LogP contribution in [0.5, 0.6) is 0 Å². The Kier molecular flexibility index (Phi) is 2.96. The van der Waals surface area contributed by atoms with Crippen LogP contribution in [0.3, 0.4) is 0 Å². The highest BCUT2D eigenvalue weighted by Crippen LogP contribution is 2.30. The van der Waals surface area contributed by atoms with Gasteiger partial charge in [0, 0.05) is 19.6 Å². The van der Waals surface area contributed by atoms with Gasteiger partial charge in [0.15, 0.2) is 5.13 Å². The number of carbonyl (C=O) groups is 1. The van der Waals surface area contributed by atoms with E-state index in [9.17, 15) is 4.79 Å². The molecule has 2 aliphatic heterocycles. The number of anilines is 1. The highest BCUT2D eigenvalue weighted by Gasteiger charge is 2.36. The minimum absolute atomic E-state index is 0.191. The Hall–Kier alpha value is -1.18. The Morgan fingerprint density at radius 2 is 2.44 bits per heavy atom. The van der Waals surface area contributed by atoms with Crippen molar-refractivity contribution in [2.45, 2.75) is 19.1 Å². The van der Waals surface area contributed by atoms with E-state index in [1.807, 2.05) is 0 Å². The predicted molar refractivity (Wildman–Crippen MR) is 67.6 cm³/mol. The van der Waals surface area contributed by atoms with Crippen LogP contribution in [0, 0.1) is 6.92 Å². The van der Waals surface area contributed by atoms with Gasteiger partial charge in [0.1, 0.15) is 4.88 Å². The molecule has 2 fully saturated rings. The number of hydrogen-bond acceptors (Lipinski definition) is 6. The molecule has 2 aliphatic rings. The van der Waals surface area contributed by atoms with E-state index in [1.165, 1.54) is 11.3 Å². The topological polar surface area (TPSA) is 74.7 Å². The summed E-state index contributed by atoms with van der Waals surface area (Å²) in [6.07, 6.45) is 0.191. The molecule has 18 heavy (non-hydrogen) atoms. The second kappa shape index (κ2) is 4.49. The summed E-state index contributed by atoms with van der Waals surface area (Å²) in [6, 6.07) is 0.330. The SMILES string of the molecule is Cc1nc(N2CC3NCCOC3C2)sc1C(=O)O. The molecule has 0 saturated carbocycles. The lowest BCUT2D eigenvalue weighted by atomic mass is 10.2. The summed E-state index contributed by atoms with van der Waals surface area (Å²) in [5, 5.41) is 13.2. The monoisotopic (exact) mass is 269 g/mol. The van der Waals surface area contributed by atoms with Gasteiger partial charge in [-0.2, -0.15) is 0 Å². The van der Waals surface area contributed by atoms with Crippen LogP contribution in [-0.2, 0) is 4.74 Å². The maximum Gasteiger partial charge on any atom is 0.347 e. The molecule has 98 valence electrons. The Labute approximate surface area is 109 Å². The van der Waals surface area contributed by atoms with Gasteiger partial charge in [0.25, 0.3) is 0 Å². The van der Waals surface area contributed by atoms with Crippen molar-refractivity contribution in [3.05, 3.63) is 10.6 Å². The van der Waals surface area contributed by atoms with Crippen molar-refractivity contribution in [3.8, 4) is 0 Å². The smallest absolute Gasteiger partial charge is 0.347 e. The molecular weight excluding hydrogens is 254 g/mol. The van der Waals surface area contributed by atoms with Crippen LogP contribution < -0.4 is 10.2 Å². The van der Waals surface area contributed by atoms with E-state index in [4.69, 9.17) is 9.84 Å². The molecule has 3 rings (SSSR count). The summed E-state index contributed by atoms with van der Waals surface area (Å²) in [6.45, 7) is 4.97. The molecule has 2 unspecified atom stereocenters. The fraction of sp³-hybridized carbons (Fsp3) is 0.636. The number of aromatic carboxylic acids is 1. The van der Waals surface area contributed by atoms with Gasteiger partial charge >= 0.3 is 5.97 Å². The van der Waals surface area contributed by atoms with Crippen molar-refractivity contribution in [2.75, 3.05) is 31.1 Å². The number of nitrogens with zero attached hydrogens (tertiary/aromatic N) is 2. The predicted octanol–water partition coefficient (Wildman–Crippen LogP) is 0.327. The molecule has 6 nitrogen and oxygen atoms in total. The molecule has 7 heteroatoms. The van der Waals surface area contributed by atoms with Gasteiger partial charge < -0.3 is 20.1 Å². The number of morpholine rings is 1. The van der Waals surface area contributed by atoms with Crippen molar-refractivity contribution in [2.24, 2.45) is 0 Å². The fourth-order valence-electron chi connectivity index (χ4n) is 2.47. The summed E-state index contributed by atoms with van der Waals surface area (Å²) >= 11 is 1.24. The fourth-order valence-corrected chi connectivity index (χ4v) is 3.39. The zero-order valence-corrected chi connectivity index (χ0v) is 10.9. The van der Waals surface area contributed by atoms with E-state index in [0.717, 1.165) is 31.4 Å². The number of hydrogen-bond donors (Lipinski definition) is 2. The van der Waals surface area contributed by atoms with Crippen LogP contribution in [0.4, 0.5) is 5.13 Å². The first kappa shape index (κ1) is 11.9. The molecule has 2 N–H and O–H groups in total. The van der Waals surface area contributed by atoms with Crippen LogP contribution in [0.15, 0.2) is 0 Å². The molecule has 3 heterocycles. The van der Waals surface area contributed by atoms with E-state index in [-0.39, 0.29) is 6.10 Å². The van der Waals surface area contributed by atoms with E-state index in [2.05, 4.69) is 15.2 Å². The summed E-state index contributed by atoms with van der Waals surface area (Å²) < 4.78 is 5.69. The van der Waals surface area contributed by atoms with E-state index < -0.39 is 5.97 Å². The standard InChI is InChI=1S/C11H15N3O3S/c1-6-9(10(15)16)18-11(13-6)14-4-7-8(5-14)17-3-2-12-7/h7-8,12H,2-5H2,1H3,(H,15,16). The summed E-state index contributed by atoms with van der Waals surface area (Å²) in [4.78, 5) is 17.8. The number of ether oxygens (including phenoxy) is 1. The third kappa shape index (κ3) is 1.98. The lowest BCUT2D eigenvalue weighted by Crippen LogP contribution is -2.47. The van der Waals surface area contributed by atoms with Crippen LogP contribution in [0.25, 0.3) is 0 Å². The third-order valence-electron chi connectivity index (χ3n) is 3.36. The maximum absolute atomic E-state index is 11.0. The minimum atomic E-state index is -0.901. The Bertz CT molecular complexity index is 462. The van der Waals surface area contributed by atoms with Gasteiger partial charge in [0.2, 0.25) is 0 Å². The van der Waals surface area contributed by atoms with Gasteiger partial charge in [-0.05, 0) is 6.92 Å². The van der Waals surface area contributed by atoms with Gasteiger partial charge in [-0.15, -0.1) is 0 Å². The molecule has 0 radical (unpaired) electrons. The number of aryl methyl sites for hydroxylation is 1. The molecule has 2 atom stereocenters. The highest BCUT2D eigenvalue weighted by molar-refractivity contribution is 7.17. The quantitative estimate of drug-likeness (QED) is 0.806. The van der Waals surface area contributed by atoms with Gasteiger partial charge in [-0.3, -0.25) is 0 Å². The number of carboxylic acids is 1. The second-order valence-corrected chi connectivity index (χ2v) is 5.57. The van der Waals surface area contributed by atoms with Crippen molar-refractivity contribution < 1.29 is 14.6 Å². The first-order valence-corrected chi connectivity index (χ1v) is 6.77. The average Bonchev–Trinajstić information content (AvgIpc) is 2.91. The lowest BCUT2D eigenvalue weighted by molar-refractivity contribution is 0.0212. The van der Waals surface area contributed by atoms with Crippen molar-refractivity contribution in [1.82, 2.24) is 10.3 Å².